The molecule has 6 nitrogen and oxygen atoms in total. The third-order valence-corrected chi connectivity index (χ3v) is 6.50. The Hall–Kier alpha value is -1.69. The van der Waals surface area contributed by atoms with Gasteiger partial charge < -0.3 is 9.64 Å². The minimum atomic E-state index is 0.648. The SMILES string of the molecule is c1c(C2CC2)nn2cnnc2c1N1C[C@@H]2C[C@@H]3COC[C@@H]3[C@@H]2C1. The summed E-state index contributed by atoms with van der Waals surface area (Å²) in [6.45, 7) is 4.27. The van der Waals surface area contributed by atoms with Crippen molar-refractivity contribution >= 4 is 11.3 Å². The molecule has 6 heteroatoms. The van der Waals surface area contributed by atoms with Crippen LogP contribution in [0.25, 0.3) is 5.65 Å². The molecule has 4 heterocycles. The maximum Gasteiger partial charge on any atom is 0.200 e. The monoisotopic (exact) mass is 311 g/mol. The van der Waals surface area contributed by atoms with Gasteiger partial charge in [-0.05, 0) is 49.0 Å². The fraction of sp³-hybridized carbons (Fsp3) is 0.706. The first-order valence-electron chi connectivity index (χ1n) is 8.90. The van der Waals surface area contributed by atoms with Crippen LogP contribution in [0.5, 0.6) is 0 Å². The van der Waals surface area contributed by atoms with E-state index in [9.17, 15) is 0 Å². The summed E-state index contributed by atoms with van der Waals surface area (Å²) in [6.07, 6.45) is 5.62. The third kappa shape index (κ3) is 1.81. The number of hydrogen-bond donors (Lipinski definition) is 0. The van der Waals surface area contributed by atoms with Gasteiger partial charge in [-0.1, -0.05) is 0 Å². The second kappa shape index (κ2) is 4.44. The molecule has 4 aliphatic rings. The van der Waals surface area contributed by atoms with Gasteiger partial charge in [-0.3, -0.25) is 0 Å². The molecule has 0 bridgehead atoms. The van der Waals surface area contributed by atoms with Gasteiger partial charge in [-0.2, -0.15) is 9.61 Å². The minimum absolute atomic E-state index is 0.648. The van der Waals surface area contributed by atoms with Crippen LogP contribution in [0.3, 0.4) is 0 Å². The first kappa shape index (κ1) is 12.7. The summed E-state index contributed by atoms with van der Waals surface area (Å²) in [7, 11) is 0. The van der Waals surface area contributed by atoms with Crippen LogP contribution in [-0.4, -0.2) is 46.1 Å². The fourth-order valence-corrected chi connectivity index (χ4v) is 5.19. The summed E-state index contributed by atoms with van der Waals surface area (Å²) in [5.74, 6) is 3.87. The van der Waals surface area contributed by atoms with Gasteiger partial charge in [0.2, 0.25) is 5.65 Å². The summed E-state index contributed by atoms with van der Waals surface area (Å²) >= 11 is 0. The second-order valence-corrected chi connectivity index (χ2v) is 7.85. The smallest absolute Gasteiger partial charge is 0.200 e. The highest BCUT2D eigenvalue weighted by molar-refractivity contribution is 5.69. The normalized spacial score (nSPS) is 35.9. The molecule has 4 atom stereocenters. The number of ether oxygens (including phenoxy) is 1. The van der Waals surface area contributed by atoms with E-state index in [2.05, 4.69) is 21.2 Å². The Morgan fingerprint density at radius 1 is 1.09 bits per heavy atom. The van der Waals surface area contributed by atoms with Crippen LogP contribution in [-0.2, 0) is 4.74 Å². The van der Waals surface area contributed by atoms with Gasteiger partial charge in [0, 0.05) is 25.6 Å². The van der Waals surface area contributed by atoms with Gasteiger partial charge in [-0.15, -0.1) is 10.2 Å². The van der Waals surface area contributed by atoms with E-state index >= 15 is 0 Å². The molecule has 0 amide bonds. The number of anilines is 1. The van der Waals surface area contributed by atoms with Crippen molar-refractivity contribution in [3.8, 4) is 0 Å². The van der Waals surface area contributed by atoms with Crippen LogP contribution in [0.4, 0.5) is 5.69 Å². The molecule has 6 rings (SSSR count). The second-order valence-electron chi connectivity index (χ2n) is 7.85. The summed E-state index contributed by atoms with van der Waals surface area (Å²) in [5.41, 5.74) is 3.37. The van der Waals surface area contributed by atoms with E-state index in [-0.39, 0.29) is 0 Å². The Bertz CT molecular complexity index is 769. The maximum atomic E-state index is 5.72. The Balaban J connectivity index is 1.37. The van der Waals surface area contributed by atoms with Gasteiger partial charge in [0.1, 0.15) is 6.33 Å². The molecule has 2 saturated carbocycles. The van der Waals surface area contributed by atoms with Gasteiger partial charge in [0.15, 0.2) is 0 Å². The van der Waals surface area contributed by atoms with Crippen LogP contribution in [0, 0.1) is 23.7 Å². The van der Waals surface area contributed by atoms with E-state index in [1.54, 1.807) is 6.33 Å². The van der Waals surface area contributed by atoms with Crippen molar-refractivity contribution in [2.45, 2.75) is 25.2 Å². The minimum Gasteiger partial charge on any atom is -0.381 e. The molecule has 2 aromatic rings. The molecule has 0 aromatic carbocycles. The summed E-state index contributed by atoms with van der Waals surface area (Å²) in [4.78, 5) is 2.54. The average Bonchev–Trinajstić information content (AvgIpc) is 2.91. The molecule has 0 unspecified atom stereocenters. The maximum absolute atomic E-state index is 5.72. The fourth-order valence-electron chi connectivity index (χ4n) is 5.19. The molecule has 23 heavy (non-hydrogen) atoms. The Morgan fingerprint density at radius 2 is 2.04 bits per heavy atom. The molecule has 2 aliphatic carbocycles. The molecular formula is C17H21N5O. The summed E-state index contributed by atoms with van der Waals surface area (Å²) in [6, 6.07) is 2.28. The average molecular weight is 311 g/mol. The van der Waals surface area contributed by atoms with Gasteiger partial charge in [0.25, 0.3) is 0 Å². The number of rotatable bonds is 2. The lowest BCUT2D eigenvalue weighted by molar-refractivity contribution is 0.158. The number of fused-ring (bicyclic) bond motifs is 4. The van der Waals surface area contributed by atoms with E-state index in [0.717, 1.165) is 55.6 Å². The van der Waals surface area contributed by atoms with Crippen molar-refractivity contribution in [2.24, 2.45) is 23.7 Å². The van der Waals surface area contributed by atoms with Crippen LogP contribution >= 0.6 is 0 Å². The summed E-state index contributed by atoms with van der Waals surface area (Å²) < 4.78 is 7.60. The lowest BCUT2D eigenvalue weighted by Crippen LogP contribution is -2.25. The molecule has 2 aliphatic heterocycles. The van der Waals surface area contributed by atoms with Crippen molar-refractivity contribution in [1.29, 1.82) is 0 Å². The molecule has 2 aromatic heterocycles. The van der Waals surface area contributed by atoms with Crippen molar-refractivity contribution < 1.29 is 4.74 Å². The molecule has 0 spiro atoms. The number of aromatic nitrogens is 4. The van der Waals surface area contributed by atoms with E-state index in [4.69, 9.17) is 9.84 Å². The van der Waals surface area contributed by atoms with Crippen LogP contribution < -0.4 is 4.90 Å². The Labute approximate surface area is 134 Å². The zero-order valence-electron chi connectivity index (χ0n) is 13.1. The van der Waals surface area contributed by atoms with Crippen LogP contribution in [0.15, 0.2) is 12.4 Å². The quantitative estimate of drug-likeness (QED) is 0.845. The van der Waals surface area contributed by atoms with Crippen molar-refractivity contribution in [3.63, 3.8) is 0 Å². The predicted molar refractivity (Wildman–Crippen MR) is 84.4 cm³/mol. The molecular weight excluding hydrogens is 290 g/mol. The lowest BCUT2D eigenvalue weighted by atomic mass is 9.91. The molecule has 0 N–H and O–H groups in total. The first-order valence-corrected chi connectivity index (χ1v) is 8.90. The Kier molecular flexibility index (Phi) is 2.45. The number of nitrogens with zero attached hydrogens (tertiary/aromatic N) is 5. The van der Waals surface area contributed by atoms with E-state index in [1.807, 2.05) is 4.52 Å². The van der Waals surface area contributed by atoms with Crippen LogP contribution in [0.2, 0.25) is 0 Å². The van der Waals surface area contributed by atoms with Gasteiger partial charge in [-0.25, -0.2) is 0 Å². The van der Waals surface area contributed by atoms with E-state index < -0.39 is 0 Å². The predicted octanol–water partition coefficient (Wildman–Crippen LogP) is 1.72. The highest BCUT2D eigenvalue weighted by atomic mass is 16.5. The van der Waals surface area contributed by atoms with Crippen LogP contribution in [0.1, 0.15) is 30.9 Å². The standard InChI is InChI=1S/C17H21N5O/c1-2-10(1)15-4-16(17-19-18-9-22(17)20-15)21-5-11-3-12-7-23-8-14(12)13(11)6-21/h4,9-14H,1-3,5-8H2/t11-,12+,13+,14-/m0/s1. The van der Waals surface area contributed by atoms with Crippen molar-refractivity contribution in [3.05, 3.63) is 18.1 Å². The third-order valence-electron chi connectivity index (χ3n) is 6.50. The molecule has 120 valence electrons. The molecule has 2 saturated heterocycles. The number of hydrogen-bond acceptors (Lipinski definition) is 5. The zero-order chi connectivity index (χ0) is 15.0. The molecule has 4 fully saturated rings. The highest BCUT2D eigenvalue weighted by Gasteiger charge is 2.50. The Morgan fingerprint density at radius 3 is 2.96 bits per heavy atom. The van der Waals surface area contributed by atoms with E-state index in [0.29, 0.717) is 5.92 Å². The van der Waals surface area contributed by atoms with Gasteiger partial charge >= 0.3 is 0 Å². The topological polar surface area (TPSA) is 55.5 Å². The summed E-state index contributed by atoms with van der Waals surface area (Å²) in [5, 5.41) is 13.1. The van der Waals surface area contributed by atoms with Crippen molar-refractivity contribution in [2.75, 3.05) is 31.2 Å². The highest BCUT2D eigenvalue weighted by Crippen LogP contribution is 2.50. The zero-order valence-corrected chi connectivity index (χ0v) is 13.1. The molecule has 0 radical (unpaired) electrons. The lowest BCUT2D eigenvalue weighted by Gasteiger charge is -2.22. The largest absolute Gasteiger partial charge is 0.381 e. The van der Waals surface area contributed by atoms with E-state index in [1.165, 1.54) is 30.6 Å². The van der Waals surface area contributed by atoms with Gasteiger partial charge in [0.05, 0.1) is 18.0 Å². The first-order chi connectivity index (χ1) is 11.4. The van der Waals surface area contributed by atoms with Crippen molar-refractivity contribution in [1.82, 2.24) is 19.8 Å².